The number of nitrogens with two attached hydrogens (primary N) is 1. The molecule has 8 heteroatoms. The molecule has 0 radical (unpaired) electrons. The number of hydrogen-bond acceptors (Lipinski definition) is 4. The van der Waals surface area contributed by atoms with Crippen LogP contribution in [0.1, 0.15) is 17.5 Å². The number of carbonyl (C=O) groups is 1. The fourth-order valence-electron chi connectivity index (χ4n) is 3.23. The summed E-state index contributed by atoms with van der Waals surface area (Å²) in [5.74, 6) is -0.0543. The first-order chi connectivity index (χ1) is 13.3. The zero-order valence-electron chi connectivity index (χ0n) is 15.3. The molecule has 0 atom stereocenters. The Balaban J connectivity index is 1.55. The fourth-order valence-corrected chi connectivity index (χ4v) is 3.23. The normalized spacial score (nSPS) is 13.8. The number of anilines is 2. The Morgan fingerprint density at radius 3 is 2.79 bits per heavy atom. The van der Waals surface area contributed by atoms with Crippen molar-refractivity contribution in [2.45, 2.75) is 25.6 Å². The fraction of sp³-hybridized carbons (Fsp3) is 0.350. The van der Waals surface area contributed by atoms with Gasteiger partial charge < -0.3 is 20.7 Å². The van der Waals surface area contributed by atoms with Crippen molar-refractivity contribution in [3.63, 3.8) is 0 Å². The van der Waals surface area contributed by atoms with Gasteiger partial charge in [-0.05, 0) is 48.2 Å². The molecule has 2 aromatic rings. The van der Waals surface area contributed by atoms with Crippen LogP contribution >= 0.6 is 0 Å². The van der Waals surface area contributed by atoms with Crippen molar-refractivity contribution in [1.82, 2.24) is 5.32 Å². The highest BCUT2D eigenvalue weighted by Gasteiger charge is 2.28. The van der Waals surface area contributed by atoms with E-state index in [1.165, 1.54) is 12.1 Å². The lowest BCUT2D eigenvalue weighted by Crippen LogP contribution is -2.39. The molecule has 1 aliphatic heterocycles. The van der Waals surface area contributed by atoms with Crippen molar-refractivity contribution >= 4 is 17.3 Å². The van der Waals surface area contributed by atoms with Crippen LogP contribution in [0.5, 0.6) is 5.75 Å². The molecule has 3 N–H and O–H groups in total. The van der Waals surface area contributed by atoms with Crippen molar-refractivity contribution in [1.29, 1.82) is 0 Å². The third kappa shape index (κ3) is 5.31. The molecular weight excluding hydrogens is 371 g/mol. The van der Waals surface area contributed by atoms with Crippen molar-refractivity contribution < 1.29 is 22.7 Å². The van der Waals surface area contributed by atoms with Gasteiger partial charge in [0.15, 0.2) is 6.61 Å². The molecule has 150 valence electrons. The van der Waals surface area contributed by atoms with Crippen LogP contribution in [-0.2, 0) is 17.8 Å². The second-order valence-electron chi connectivity index (χ2n) is 6.70. The van der Waals surface area contributed by atoms with Gasteiger partial charge in [-0.15, -0.1) is 0 Å². The van der Waals surface area contributed by atoms with Gasteiger partial charge in [0.25, 0.3) is 0 Å². The summed E-state index contributed by atoms with van der Waals surface area (Å²) in [6.07, 6.45) is -2.57. The first-order valence-electron chi connectivity index (χ1n) is 8.99. The van der Waals surface area contributed by atoms with Gasteiger partial charge >= 0.3 is 6.18 Å². The molecule has 0 spiro atoms. The first kappa shape index (κ1) is 19.9. The molecule has 1 amide bonds. The summed E-state index contributed by atoms with van der Waals surface area (Å²) in [5, 5.41) is 2.80. The van der Waals surface area contributed by atoms with Crippen molar-refractivity contribution in [2.24, 2.45) is 0 Å². The lowest BCUT2D eigenvalue weighted by atomic mass is 10.00. The Kier molecular flexibility index (Phi) is 5.96. The number of fused-ring (bicyclic) bond motifs is 1. The predicted molar refractivity (Wildman–Crippen MR) is 101 cm³/mol. The first-order valence-corrected chi connectivity index (χ1v) is 8.99. The molecule has 0 fully saturated rings. The van der Waals surface area contributed by atoms with E-state index in [1.54, 1.807) is 12.1 Å². The van der Waals surface area contributed by atoms with Crippen molar-refractivity contribution in [3.8, 4) is 5.75 Å². The summed E-state index contributed by atoms with van der Waals surface area (Å²) in [6.45, 7) is -0.175. The van der Waals surface area contributed by atoms with Gasteiger partial charge in [0.05, 0.1) is 6.54 Å². The lowest BCUT2D eigenvalue weighted by Gasteiger charge is -2.31. The standard InChI is InChI=1S/C20H22F3N3O2/c21-20(22,23)13-28-15-5-1-4-14(10-15)11-25-19(27)12-26-9-3-6-16-17(24)7-2-8-18(16)26/h1-2,4-5,7-8,10H,3,6,9,11-13,24H2,(H,25,27). The van der Waals surface area contributed by atoms with Crippen LogP contribution in [0.3, 0.4) is 0 Å². The number of nitrogen functional groups attached to an aromatic ring is 1. The molecule has 3 rings (SSSR count). The minimum absolute atomic E-state index is 0.115. The molecule has 2 aromatic carbocycles. The summed E-state index contributed by atoms with van der Waals surface area (Å²) in [7, 11) is 0. The highest BCUT2D eigenvalue weighted by atomic mass is 19.4. The van der Waals surface area contributed by atoms with E-state index in [9.17, 15) is 18.0 Å². The number of carbonyl (C=O) groups excluding carboxylic acids is 1. The molecule has 0 aliphatic carbocycles. The third-order valence-corrected chi connectivity index (χ3v) is 4.51. The van der Waals surface area contributed by atoms with Crippen LogP contribution in [0.4, 0.5) is 24.5 Å². The van der Waals surface area contributed by atoms with Crippen LogP contribution in [0.15, 0.2) is 42.5 Å². The monoisotopic (exact) mass is 393 g/mol. The quantitative estimate of drug-likeness (QED) is 0.740. The SMILES string of the molecule is Nc1cccc2c1CCCN2CC(=O)NCc1cccc(OCC(F)(F)F)c1. The number of benzene rings is 2. The van der Waals surface area contributed by atoms with E-state index >= 15 is 0 Å². The number of amides is 1. The van der Waals surface area contributed by atoms with E-state index in [0.29, 0.717) is 5.56 Å². The van der Waals surface area contributed by atoms with Gasteiger partial charge in [0, 0.05) is 24.5 Å². The summed E-state index contributed by atoms with van der Waals surface area (Å²) in [6, 6.07) is 11.9. The molecule has 0 bridgehead atoms. The van der Waals surface area contributed by atoms with Crippen LogP contribution in [0, 0.1) is 0 Å². The Bertz CT molecular complexity index is 840. The summed E-state index contributed by atoms with van der Waals surface area (Å²) in [5.41, 5.74) is 9.46. The molecule has 0 saturated carbocycles. The average molecular weight is 393 g/mol. The Morgan fingerprint density at radius 1 is 1.21 bits per heavy atom. The maximum Gasteiger partial charge on any atom is 0.422 e. The Hall–Kier alpha value is -2.90. The van der Waals surface area contributed by atoms with E-state index in [2.05, 4.69) is 5.32 Å². The third-order valence-electron chi connectivity index (χ3n) is 4.51. The lowest BCUT2D eigenvalue weighted by molar-refractivity contribution is -0.153. The molecule has 28 heavy (non-hydrogen) atoms. The van der Waals surface area contributed by atoms with Crippen LogP contribution in [-0.4, -0.2) is 31.8 Å². The Morgan fingerprint density at radius 2 is 2.00 bits per heavy atom. The van der Waals surface area contributed by atoms with Gasteiger partial charge in [0.1, 0.15) is 5.75 Å². The minimum atomic E-state index is -4.39. The van der Waals surface area contributed by atoms with E-state index in [1.807, 2.05) is 23.1 Å². The van der Waals surface area contributed by atoms with Gasteiger partial charge in [-0.25, -0.2) is 0 Å². The number of alkyl halides is 3. The maximum absolute atomic E-state index is 12.4. The second kappa shape index (κ2) is 8.41. The molecule has 1 aliphatic rings. The van der Waals surface area contributed by atoms with Gasteiger partial charge in [0.2, 0.25) is 5.91 Å². The smallest absolute Gasteiger partial charge is 0.422 e. The molecule has 5 nitrogen and oxygen atoms in total. The zero-order valence-corrected chi connectivity index (χ0v) is 15.3. The van der Waals surface area contributed by atoms with Gasteiger partial charge in [-0.3, -0.25) is 4.79 Å². The number of rotatable bonds is 6. The number of nitrogens with zero attached hydrogens (tertiary/aromatic N) is 1. The Labute approximate surface area is 161 Å². The minimum Gasteiger partial charge on any atom is -0.484 e. The van der Waals surface area contributed by atoms with Crippen molar-refractivity contribution in [3.05, 3.63) is 53.6 Å². The number of halogens is 3. The molecular formula is C20H22F3N3O2. The van der Waals surface area contributed by atoms with E-state index in [0.717, 1.165) is 36.3 Å². The van der Waals surface area contributed by atoms with E-state index in [-0.39, 0.29) is 24.7 Å². The molecule has 1 heterocycles. The highest BCUT2D eigenvalue weighted by Crippen LogP contribution is 2.30. The average Bonchev–Trinajstić information content (AvgIpc) is 2.65. The predicted octanol–water partition coefficient (Wildman–Crippen LogP) is 3.28. The molecule has 0 aromatic heterocycles. The van der Waals surface area contributed by atoms with E-state index in [4.69, 9.17) is 10.5 Å². The van der Waals surface area contributed by atoms with Crippen LogP contribution < -0.4 is 20.7 Å². The molecule has 0 unspecified atom stereocenters. The van der Waals surface area contributed by atoms with Gasteiger partial charge in [-0.1, -0.05) is 18.2 Å². The van der Waals surface area contributed by atoms with Crippen molar-refractivity contribution in [2.75, 3.05) is 30.3 Å². The summed E-state index contributed by atoms with van der Waals surface area (Å²) < 4.78 is 41.5. The number of ether oxygens (including phenoxy) is 1. The number of hydrogen-bond donors (Lipinski definition) is 2. The molecule has 0 saturated heterocycles. The summed E-state index contributed by atoms with van der Waals surface area (Å²) >= 11 is 0. The van der Waals surface area contributed by atoms with Crippen LogP contribution in [0.2, 0.25) is 0 Å². The maximum atomic E-state index is 12.4. The number of nitrogens with one attached hydrogen (secondary N) is 1. The highest BCUT2D eigenvalue weighted by molar-refractivity contribution is 5.82. The summed E-state index contributed by atoms with van der Waals surface area (Å²) in [4.78, 5) is 14.4. The zero-order chi connectivity index (χ0) is 20.1. The van der Waals surface area contributed by atoms with E-state index < -0.39 is 12.8 Å². The van der Waals surface area contributed by atoms with Gasteiger partial charge in [-0.2, -0.15) is 13.2 Å². The van der Waals surface area contributed by atoms with Crippen LogP contribution in [0.25, 0.3) is 0 Å². The topological polar surface area (TPSA) is 67.6 Å². The largest absolute Gasteiger partial charge is 0.484 e. The second-order valence-corrected chi connectivity index (χ2v) is 6.70.